The molecule has 0 radical (unpaired) electrons. The maximum absolute atomic E-state index is 13.5. The van der Waals surface area contributed by atoms with Gasteiger partial charge in [0.2, 0.25) is 0 Å². The van der Waals surface area contributed by atoms with Crippen molar-refractivity contribution in [2.45, 2.75) is 31.7 Å². The summed E-state index contributed by atoms with van der Waals surface area (Å²) in [5.41, 5.74) is 0.326. The van der Waals surface area contributed by atoms with Crippen LogP contribution in [0.2, 0.25) is 5.02 Å². The summed E-state index contributed by atoms with van der Waals surface area (Å²) < 4.78 is 13.5. The molecule has 1 atom stereocenters. The Bertz CT molecular complexity index is 378. The average Bonchev–Trinajstić information content (AvgIpc) is 2.31. The van der Waals surface area contributed by atoms with Gasteiger partial charge >= 0.3 is 0 Å². The first-order valence-corrected chi connectivity index (χ1v) is 5.95. The highest BCUT2D eigenvalue weighted by Crippen LogP contribution is 2.31. The van der Waals surface area contributed by atoms with Gasteiger partial charge in [-0.15, -0.1) is 0 Å². The molecule has 2 N–H and O–H groups in total. The van der Waals surface area contributed by atoms with Crippen LogP contribution in [0.1, 0.15) is 24.8 Å². The molecular formula is C12H15ClFNO. The molecule has 0 aliphatic carbocycles. The maximum atomic E-state index is 13.5. The Morgan fingerprint density at radius 1 is 1.44 bits per heavy atom. The molecule has 1 aromatic carbocycles. The van der Waals surface area contributed by atoms with Gasteiger partial charge in [0, 0.05) is 11.6 Å². The van der Waals surface area contributed by atoms with Crippen molar-refractivity contribution in [3.05, 3.63) is 28.5 Å². The molecule has 1 saturated heterocycles. The smallest absolute Gasteiger partial charge is 0.140 e. The summed E-state index contributed by atoms with van der Waals surface area (Å²) in [6.45, 7) is 0.966. The number of phenolic OH excluding ortho intramolecular Hbond substituents is 1. The predicted molar refractivity (Wildman–Crippen MR) is 62.4 cm³/mol. The third-order valence-electron chi connectivity index (χ3n) is 3.04. The van der Waals surface area contributed by atoms with E-state index in [9.17, 15) is 9.50 Å². The lowest BCUT2D eigenvalue weighted by molar-refractivity contribution is 0.385. The lowest BCUT2D eigenvalue weighted by atomic mass is 9.97. The fourth-order valence-electron chi connectivity index (χ4n) is 2.12. The van der Waals surface area contributed by atoms with Gasteiger partial charge in [-0.2, -0.15) is 0 Å². The zero-order valence-electron chi connectivity index (χ0n) is 8.97. The Kier molecular flexibility index (Phi) is 3.66. The highest BCUT2D eigenvalue weighted by molar-refractivity contribution is 6.32. The summed E-state index contributed by atoms with van der Waals surface area (Å²) in [4.78, 5) is 0. The van der Waals surface area contributed by atoms with Crippen LogP contribution in [0, 0.1) is 5.82 Å². The lowest BCUT2D eigenvalue weighted by Crippen LogP contribution is -2.35. The van der Waals surface area contributed by atoms with Crippen LogP contribution < -0.4 is 5.32 Å². The summed E-state index contributed by atoms with van der Waals surface area (Å²) in [5, 5.41) is 13.2. The Labute approximate surface area is 99.4 Å². The summed E-state index contributed by atoms with van der Waals surface area (Å²) in [7, 11) is 0. The first-order valence-electron chi connectivity index (χ1n) is 5.57. The van der Waals surface area contributed by atoms with Gasteiger partial charge in [0.05, 0.1) is 5.02 Å². The van der Waals surface area contributed by atoms with Crippen LogP contribution in [0.15, 0.2) is 12.1 Å². The molecule has 88 valence electrons. The number of piperidine rings is 1. The van der Waals surface area contributed by atoms with E-state index in [-0.39, 0.29) is 22.6 Å². The van der Waals surface area contributed by atoms with Gasteiger partial charge in [-0.25, -0.2) is 4.39 Å². The number of hydrogen-bond acceptors (Lipinski definition) is 2. The normalized spacial score (nSPS) is 21.0. The zero-order valence-corrected chi connectivity index (χ0v) is 9.73. The fourth-order valence-corrected chi connectivity index (χ4v) is 2.30. The van der Waals surface area contributed by atoms with Crippen molar-refractivity contribution in [1.29, 1.82) is 0 Å². The summed E-state index contributed by atoms with van der Waals surface area (Å²) in [5.74, 6) is -0.497. The average molecular weight is 244 g/mol. The second-order valence-electron chi connectivity index (χ2n) is 4.21. The van der Waals surface area contributed by atoms with Gasteiger partial charge in [0.25, 0.3) is 0 Å². The molecule has 1 unspecified atom stereocenters. The van der Waals surface area contributed by atoms with Gasteiger partial charge in [-0.3, -0.25) is 0 Å². The van der Waals surface area contributed by atoms with Crippen molar-refractivity contribution in [3.8, 4) is 5.75 Å². The number of hydrogen-bond donors (Lipinski definition) is 2. The molecule has 1 aromatic rings. The number of halogens is 2. The second kappa shape index (κ2) is 5.02. The standard InChI is InChI=1S/C12H15ClFNO/c13-10-4-5-11(14)9(12(10)16)7-8-3-1-2-6-15-8/h4-5,8,15-16H,1-3,6-7H2. The van der Waals surface area contributed by atoms with E-state index < -0.39 is 0 Å². The SMILES string of the molecule is Oc1c(Cl)ccc(F)c1CC1CCCCN1. The molecule has 1 fully saturated rings. The van der Waals surface area contributed by atoms with Crippen LogP contribution in [0.25, 0.3) is 0 Å². The van der Waals surface area contributed by atoms with Crippen molar-refractivity contribution < 1.29 is 9.50 Å². The largest absolute Gasteiger partial charge is 0.506 e. The molecule has 0 amide bonds. The topological polar surface area (TPSA) is 32.3 Å². The van der Waals surface area contributed by atoms with E-state index in [0.717, 1.165) is 19.4 Å². The van der Waals surface area contributed by atoms with Crippen molar-refractivity contribution in [1.82, 2.24) is 5.32 Å². The molecule has 0 saturated carbocycles. The number of benzene rings is 1. The van der Waals surface area contributed by atoms with E-state index in [1.165, 1.54) is 18.6 Å². The minimum Gasteiger partial charge on any atom is -0.506 e. The van der Waals surface area contributed by atoms with Crippen LogP contribution in [0.4, 0.5) is 4.39 Å². The van der Waals surface area contributed by atoms with Crippen LogP contribution in [0.3, 0.4) is 0 Å². The summed E-state index contributed by atoms with van der Waals surface area (Å²) in [6, 6.07) is 2.93. The molecule has 0 bridgehead atoms. The molecule has 0 spiro atoms. The van der Waals surface area contributed by atoms with E-state index in [1.54, 1.807) is 0 Å². The van der Waals surface area contributed by atoms with E-state index in [0.29, 0.717) is 12.0 Å². The van der Waals surface area contributed by atoms with E-state index in [1.807, 2.05) is 0 Å². The second-order valence-corrected chi connectivity index (χ2v) is 4.61. The molecule has 1 heterocycles. The number of nitrogens with one attached hydrogen (secondary N) is 1. The molecule has 2 rings (SSSR count). The van der Waals surface area contributed by atoms with Crippen molar-refractivity contribution >= 4 is 11.6 Å². The van der Waals surface area contributed by atoms with Gasteiger partial charge < -0.3 is 10.4 Å². The van der Waals surface area contributed by atoms with Gasteiger partial charge in [0.1, 0.15) is 11.6 Å². The number of rotatable bonds is 2. The Hall–Kier alpha value is -0.800. The lowest BCUT2D eigenvalue weighted by Gasteiger charge is -2.24. The van der Waals surface area contributed by atoms with Gasteiger partial charge in [0.15, 0.2) is 0 Å². The van der Waals surface area contributed by atoms with Crippen LogP contribution >= 0.6 is 11.6 Å². The minimum absolute atomic E-state index is 0.117. The molecule has 2 nitrogen and oxygen atoms in total. The molecule has 0 aromatic heterocycles. The maximum Gasteiger partial charge on any atom is 0.140 e. The Morgan fingerprint density at radius 2 is 2.25 bits per heavy atom. The van der Waals surface area contributed by atoms with Crippen molar-refractivity contribution in [2.24, 2.45) is 0 Å². The highest BCUT2D eigenvalue weighted by Gasteiger charge is 2.18. The monoisotopic (exact) mass is 243 g/mol. The molecule has 1 aliphatic heterocycles. The zero-order chi connectivity index (χ0) is 11.5. The quantitative estimate of drug-likeness (QED) is 0.837. The third kappa shape index (κ3) is 2.47. The fraction of sp³-hybridized carbons (Fsp3) is 0.500. The number of phenols is 1. The Balaban J connectivity index is 2.16. The Morgan fingerprint density at radius 3 is 2.94 bits per heavy atom. The van der Waals surface area contributed by atoms with E-state index in [2.05, 4.69) is 5.32 Å². The highest BCUT2D eigenvalue weighted by atomic mass is 35.5. The van der Waals surface area contributed by atoms with Gasteiger partial charge in [-0.1, -0.05) is 18.0 Å². The molecule has 1 aliphatic rings. The number of aromatic hydroxyl groups is 1. The molecule has 4 heteroatoms. The third-order valence-corrected chi connectivity index (χ3v) is 3.34. The van der Waals surface area contributed by atoms with Crippen LogP contribution in [0.5, 0.6) is 5.75 Å². The summed E-state index contributed by atoms with van der Waals surface area (Å²) >= 11 is 5.77. The van der Waals surface area contributed by atoms with Gasteiger partial charge in [-0.05, 0) is 37.9 Å². The van der Waals surface area contributed by atoms with Crippen LogP contribution in [-0.4, -0.2) is 17.7 Å². The molecule has 16 heavy (non-hydrogen) atoms. The first-order chi connectivity index (χ1) is 7.68. The first kappa shape index (κ1) is 11.7. The summed E-state index contributed by atoms with van der Waals surface area (Å²) in [6.07, 6.45) is 3.84. The van der Waals surface area contributed by atoms with Crippen molar-refractivity contribution in [2.75, 3.05) is 6.54 Å². The molecular weight excluding hydrogens is 229 g/mol. The van der Waals surface area contributed by atoms with E-state index >= 15 is 0 Å². The minimum atomic E-state index is -0.380. The van der Waals surface area contributed by atoms with Crippen LogP contribution in [-0.2, 0) is 6.42 Å². The predicted octanol–water partition coefficient (Wildman–Crippen LogP) is 2.87. The van der Waals surface area contributed by atoms with Crippen molar-refractivity contribution in [3.63, 3.8) is 0 Å². The van der Waals surface area contributed by atoms with E-state index in [4.69, 9.17) is 11.6 Å².